The van der Waals surface area contributed by atoms with Gasteiger partial charge < -0.3 is 0 Å². The standard InChI is InChI=1S/C17H20ClNO2S2/c1-13-5-10-17(22-13)23(20,21)19-11-3-2-4-15(12-19)14-6-8-16(18)9-7-14/h5-10,15H,2-4,11-12H2,1H3. The number of nitrogens with zero attached hydrogens (tertiary/aromatic N) is 1. The van der Waals surface area contributed by atoms with E-state index in [0.717, 1.165) is 24.1 Å². The largest absolute Gasteiger partial charge is 0.252 e. The van der Waals surface area contributed by atoms with Crippen molar-refractivity contribution in [2.75, 3.05) is 13.1 Å². The van der Waals surface area contributed by atoms with E-state index in [2.05, 4.69) is 0 Å². The Labute approximate surface area is 147 Å². The summed E-state index contributed by atoms with van der Waals surface area (Å²) in [6.45, 7) is 3.08. The van der Waals surface area contributed by atoms with Gasteiger partial charge in [-0.05, 0) is 55.5 Å². The summed E-state index contributed by atoms with van der Waals surface area (Å²) in [6, 6.07) is 11.4. The maximum Gasteiger partial charge on any atom is 0.252 e. The van der Waals surface area contributed by atoms with Crippen LogP contribution in [-0.4, -0.2) is 25.8 Å². The highest BCUT2D eigenvalue weighted by molar-refractivity contribution is 7.91. The van der Waals surface area contributed by atoms with Gasteiger partial charge >= 0.3 is 0 Å². The molecule has 1 aromatic heterocycles. The van der Waals surface area contributed by atoms with Crippen LogP contribution in [0.3, 0.4) is 0 Å². The molecule has 23 heavy (non-hydrogen) atoms. The van der Waals surface area contributed by atoms with Crippen LogP contribution in [0.1, 0.15) is 35.6 Å². The number of aryl methyl sites for hydroxylation is 1. The van der Waals surface area contributed by atoms with Crippen LogP contribution in [0.4, 0.5) is 0 Å². The second kappa shape index (κ2) is 6.93. The average Bonchev–Trinajstić information content (AvgIpc) is 2.82. The van der Waals surface area contributed by atoms with Crippen molar-refractivity contribution >= 4 is 33.0 Å². The normalized spacial score (nSPS) is 20.3. The second-order valence-electron chi connectivity index (χ2n) is 5.97. The first-order valence-electron chi connectivity index (χ1n) is 7.79. The summed E-state index contributed by atoms with van der Waals surface area (Å²) in [4.78, 5) is 1.02. The highest BCUT2D eigenvalue weighted by Gasteiger charge is 2.30. The molecule has 0 saturated carbocycles. The Morgan fingerprint density at radius 3 is 2.52 bits per heavy atom. The lowest BCUT2D eigenvalue weighted by Gasteiger charge is -2.23. The van der Waals surface area contributed by atoms with Crippen molar-refractivity contribution in [1.29, 1.82) is 0 Å². The van der Waals surface area contributed by atoms with Crippen molar-refractivity contribution in [2.24, 2.45) is 0 Å². The predicted octanol–water partition coefficient (Wildman–Crippen LogP) is 4.67. The summed E-state index contributed by atoms with van der Waals surface area (Å²) in [6.07, 6.45) is 2.97. The number of hydrogen-bond acceptors (Lipinski definition) is 3. The van der Waals surface area contributed by atoms with E-state index < -0.39 is 10.0 Å². The molecule has 124 valence electrons. The van der Waals surface area contributed by atoms with E-state index >= 15 is 0 Å². The van der Waals surface area contributed by atoms with Crippen LogP contribution >= 0.6 is 22.9 Å². The zero-order chi connectivity index (χ0) is 16.4. The van der Waals surface area contributed by atoms with Crippen molar-refractivity contribution in [3.8, 4) is 0 Å². The molecule has 3 nitrogen and oxygen atoms in total. The number of halogens is 1. The van der Waals surface area contributed by atoms with E-state index in [1.54, 1.807) is 10.4 Å². The molecule has 6 heteroatoms. The lowest BCUT2D eigenvalue weighted by Crippen LogP contribution is -2.33. The van der Waals surface area contributed by atoms with Gasteiger partial charge in [-0.1, -0.05) is 30.2 Å². The summed E-state index contributed by atoms with van der Waals surface area (Å²) in [7, 11) is -3.39. The van der Waals surface area contributed by atoms with Crippen molar-refractivity contribution in [3.05, 3.63) is 51.9 Å². The highest BCUT2D eigenvalue weighted by atomic mass is 35.5. The molecule has 1 atom stereocenters. The monoisotopic (exact) mass is 369 g/mol. The first-order valence-corrected chi connectivity index (χ1v) is 10.4. The minimum absolute atomic E-state index is 0.227. The molecule has 1 aliphatic rings. The quantitative estimate of drug-likeness (QED) is 0.788. The Balaban J connectivity index is 1.86. The van der Waals surface area contributed by atoms with E-state index in [1.807, 2.05) is 37.3 Å². The third-order valence-corrected chi connectivity index (χ3v) is 7.87. The van der Waals surface area contributed by atoms with E-state index in [9.17, 15) is 8.42 Å². The number of benzene rings is 1. The first-order chi connectivity index (χ1) is 11.0. The van der Waals surface area contributed by atoms with Gasteiger partial charge in [-0.2, -0.15) is 4.31 Å². The first kappa shape index (κ1) is 17.0. The topological polar surface area (TPSA) is 37.4 Å². The van der Waals surface area contributed by atoms with Crippen LogP contribution in [0.25, 0.3) is 0 Å². The molecule has 0 spiro atoms. The Morgan fingerprint density at radius 2 is 1.87 bits per heavy atom. The third kappa shape index (κ3) is 3.79. The lowest BCUT2D eigenvalue weighted by molar-refractivity contribution is 0.407. The van der Waals surface area contributed by atoms with Crippen LogP contribution < -0.4 is 0 Å². The number of hydrogen-bond donors (Lipinski definition) is 0. The number of rotatable bonds is 3. The van der Waals surface area contributed by atoms with Crippen LogP contribution in [0.2, 0.25) is 5.02 Å². The zero-order valence-electron chi connectivity index (χ0n) is 13.0. The molecule has 1 saturated heterocycles. The van der Waals surface area contributed by atoms with Gasteiger partial charge in [0.1, 0.15) is 4.21 Å². The molecule has 1 fully saturated rings. The van der Waals surface area contributed by atoms with E-state index in [1.165, 1.54) is 16.9 Å². The SMILES string of the molecule is Cc1ccc(S(=O)(=O)N2CCCCC(c3ccc(Cl)cc3)C2)s1. The van der Waals surface area contributed by atoms with Crippen LogP contribution in [0.15, 0.2) is 40.6 Å². The molecule has 3 rings (SSSR count). The maximum atomic E-state index is 12.9. The van der Waals surface area contributed by atoms with Crippen LogP contribution in [-0.2, 0) is 10.0 Å². The summed E-state index contributed by atoms with van der Waals surface area (Å²) in [5.41, 5.74) is 1.17. The number of thiophene rings is 1. The fraction of sp³-hybridized carbons (Fsp3) is 0.412. The fourth-order valence-corrected chi connectivity index (χ4v) is 6.10. The zero-order valence-corrected chi connectivity index (χ0v) is 15.4. The third-order valence-electron chi connectivity index (χ3n) is 4.29. The van der Waals surface area contributed by atoms with Crippen molar-refractivity contribution in [1.82, 2.24) is 4.31 Å². The fourth-order valence-electron chi connectivity index (χ4n) is 3.01. The Morgan fingerprint density at radius 1 is 1.13 bits per heavy atom. The van der Waals surface area contributed by atoms with Crippen molar-refractivity contribution < 1.29 is 8.42 Å². The highest BCUT2D eigenvalue weighted by Crippen LogP contribution is 2.32. The minimum atomic E-state index is -3.39. The van der Waals surface area contributed by atoms with Crippen molar-refractivity contribution in [3.63, 3.8) is 0 Å². The molecule has 2 heterocycles. The molecule has 1 aliphatic heterocycles. The number of sulfonamides is 1. The molecule has 0 radical (unpaired) electrons. The molecule has 1 aromatic carbocycles. The van der Waals surface area contributed by atoms with E-state index in [4.69, 9.17) is 11.6 Å². The van der Waals surface area contributed by atoms with Gasteiger partial charge in [-0.3, -0.25) is 0 Å². The van der Waals surface area contributed by atoms with Gasteiger partial charge in [0, 0.05) is 23.0 Å². The lowest BCUT2D eigenvalue weighted by atomic mass is 9.95. The molecule has 0 aliphatic carbocycles. The van der Waals surface area contributed by atoms with Gasteiger partial charge in [-0.15, -0.1) is 11.3 Å². The van der Waals surface area contributed by atoms with E-state index in [-0.39, 0.29) is 5.92 Å². The smallest absolute Gasteiger partial charge is 0.206 e. The average molecular weight is 370 g/mol. The molecular formula is C17H20ClNO2S2. The molecular weight excluding hydrogens is 350 g/mol. The predicted molar refractivity (Wildman–Crippen MR) is 95.9 cm³/mol. The summed E-state index contributed by atoms with van der Waals surface area (Å²) >= 11 is 7.31. The minimum Gasteiger partial charge on any atom is -0.206 e. The van der Waals surface area contributed by atoms with Gasteiger partial charge in [0.05, 0.1) is 0 Å². The molecule has 0 N–H and O–H groups in total. The van der Waals surface area contributed by atoms with Crippen LogP contribution in [0.5, 0.6) is 0 Å². The Hall–Kier alpha value is -0.880. The second-order valence-corrected chi connectivity index (χ2v) is 9.86. The summed E-state index contributed by atoms with van der Waals surface area (Å²) in [5.74, 6) is 0.227. The Kier molecular flexibility index (Phi) is 5.11. The van der Waals surface area contributed by atoms with Gasteiger partial charge in [0.25, 0.3) is 10.0 Å². The van der Waals surface area contributed by atoms with Crippen LogP contribution in [0, 0.1) is 6.92 Å². The van der Waals surface area contributed by atoms with Gasteiger partial charge in [0.2, 0.25) is 0 Å². The molecule has 0 amide bonds. The molecule has 2 aromatic rings. The molecule has 1 unspecified atom stereocenters. The van der Waals surface area contributed by atoms with Gasteiger partial charge in [-0.25, -0.2) is 8.42 Å². The van der Waals surface area contributed by atoms with Crippen molar-refractivity contribution in [2.45, 2.75) is 36.3 Å². The molecule has 0 bridgehead atoms. The van der Waals surface area contributed by atoms with E-state index in [0.29, 0.717) is 22.3 Å². The summed E-state index contributed by atoms with van der Waals surface area (Å²) < 4.78 is 27.9. The Bertz CT molecular complexity index is 768. The maximum absolute atomic E-state index is 12.9. The van der Waals surface area contributed by atoms with Gasteiger partial charge in [0.15, 0.2) is 0 Å². The summed E-state index contributed by atoms with van der Waals surface area (Å²) in [5, 5.41) is 0.709.